The molecule has 1 aromatic rings. The number of piperazine rings is 1. The van der Waals surface area contributed by atoms with E-state index in [-0.39, 0.29) is 30.2 Å². The van der Waals surface area contributed by atoms with Crippen molar-refractivity contribution in [3.05, 3.63) is 20.8 Å². The molecule has 0 aliphatic carbocycles. The number of nitrogens with one attached hydrogen (secondary N) is 1. The monoisotopic (exact) mass is 388 g/mol. The van der Waals surface area contributed by atoms with E-state index < -0.39 is 0 Å². The molecule has 0 bridgehead atoms. The summed E-state index contributed by atoms with van der Waals surface area (Å²) in [6.45, 7) is 11.5. The topological polar surface area (TPSA) is 15.3 Å². The highest BCUT2D eigenvalue weighted by Crippen LogP contribution is 2.41. The molecule has 2 heterocycles. The molecular formula is C13H23BrCl2N2S. The zero-order valence-corrected chi connectivity index (χ0v) is 15.6. The first-order valence-electron chi connectivity index (χ1n) is 6.18. The molecule has 1 saturated heterocycles. The molecule has 1 fully saturated rings. The molecule has 1 aliphatic heterocycles. The highest BCUT2D eigenvalue weighted by Gasteiger charge is 2.33. The van der Waals surface area contributed by atoms with Gasteiger partial charge in [0.25, 0.3) is 0 Å². The summed E-state index contributed by atoms with van der Waals surface area (Å²) in [4.78, 5) is 4.10. The Kier molecular flexibility index (Phi) is 8.50. The van der Waals surface area contributed by atoms with E-state index >= 15 is 0 Å². The van der Waals surface area contributed by atoms with Crippen molar-refractivity contribution in [3.8, 4) is 0 Å². The van der Waals surface area contributed by atoms with Crippen LogP contribution in [0.3, 0.4) is 0 Å². The predicted molar refractivity (Wildman–Crippen MR) is 93.2 cm³/mol. The fraction of sp³-hybridized carbons (Fsp3) is 0.692. The highest BCUT2D eigenvalue weighted by atomic mass is 79.9. The molecule has 0 saturated carbocycles. The van der Waals surface area contributed by atoms with Gasteiger partial charge in [0, 0.05) is 37.1 Å². The molecule has 2 rings (SSSR count). The maximum Gasteiger partial charge on any atom is 0.0701 e. The van der Waals surface area contributed by atoms with Crippen LogP contribution in [0, 0.1) is 5.41 Å². The molecule has 0 aromatic carbocycles. The van der Waals surface area contributed by atoms with E-state index in [0.717, 1.165) is 26.2 Å². The average Bonchev–Trinajstić information content (AvgIpc) is 2.64. The molecular weight excluding hydrogens is 367 g/mol. The van der Waals surface area contributed by atoms with Gasteiger partial charge < -0.3 is 5.32 Å². The van der Waals surface area contributed by atoms with Gasteiger partial charge in [-0.15, -0.1) is 36.2 Å². The van der Waals surface area contributed by atoms with Crippen molar-refractivity contribution in [1.29, 1.82) is 0 Å². The van der Waals surface area contributed by atoms with Gasteiger partial charge in [0.1, 0.15) is 0 Å². The largest absolute Gasteiger partial charge is 0.314 e. The quantitative estimate of drug-likeness (QED) is 0.808. The maximum atomic E-state index is 3.58. The first-order chi connectivity index (χ1) is 7.98. The molecule has 19 heavy (non-hydrogen) atoms. The Balaban J connectivity index is 0.00000162. The fourth-order valence-electron chi connectivity index (χ4n) is 2.57. The second kappa shape index (κ2) is 8.20. The van der Waals surface area contributed by atoms with E-state index in [0.29, 0.717) is 6.04 Å². The number of hydrogen-bond donors (Lipinski definition) is 1. The van der Waals surface area contributed by atoms with E-state index in [1.54, 1.807) is 0 Å². The van der Waals surface area contributed by atoms with Crippen molar-refractivity contribution in [3.63, 3.8) is 0 Å². The lowest BCUT2D eigenvalue weighted by Crippen LogP contribution is -2.48. The summed E-state index contributed by atoms with van der Waals surface area (Å²) in [5.74, 6) is 0. The standard InChI is InChI=1S/C13H21BrN2S.2ClH/c1-13(2,3)12(10-4-5-11(14)17-10)16-8-6-15-7-9-16;;/h4-5,12,15H,6-9H2,1-3H3;2*1H/t12-;;/m0../s1. The fourth-order valence-corrected chi connectivity index (χ4v) is 4.37. The van der Waals surface area contributed by atoms with E-state index in [1.807, 2.05) is 11.3 Å². The van der Waals surface area contributed by atoms with Crippen molar-refractivity contribution < 1.29 is 0 Å². The van der Waals surface area contributed by atoms with E-state index in [2.05, 4.69) is 59.1 Å². The summed E-state index contributed by atoms with van der Waals surface area (Å²) in [7, 11) is 0. The van der Waals surface area contributed by atoms with Crippen LogP contribution < -0.4 is 5.32 Å². The average molecular weight is 390 g/mol. The zero-order chi connectivity index (χ0) is 12.5. The second-order valence-electron chi connectivity index (χ2n) is 5.70. The Morgan fingerprint density at radius 1 is 1.21 bits per heavy atom. The first kappa shape index (κ1) is 19.7. The molecule has 1 N–H and O–H groups in total. The molecule has 1 aromatic heterocycles. The smallest absolute Gasteiger partial charge is 0.0701 e. The Labute approximate surface area is 141 Å². The second-order valence-corrected chi connectivity index (χ2v) is 8.19. The maximum absolute atomic E-state index is 3.58. The van der Waals surface area contributed by atoms with Crippen LogP contribution >= 0.6 is 52.1 Å². The van der Waals surface area contributed by atoms with Gasteiger partial charge in [-0.25, -0.2) is 0 Å². The normalized spacial score (nSPS) is 18.3. The third-order valence-electron chi connectivity index (χ3n) is 3.20. The zero-order valence-electron chi connectivity index (χ0n) is 11.6. The van der Waals surface area contributed by atoms with Crippen LogP contribution in [0.5, 0.6) is 0 Å². The summed E-state index contributed by atoms with van der Waals surface area (Å²) in [5.41, 5.74) is 0.279. The lowest BCUT2D eigenvalue weighted by molar-refractivity contribution is 0.0888. The summed E-state index contributed by atoms with van der Waals surface area (Å²) in [5, 5.41) is 3.43. The summed E-state index contributed by atoms with van der Waals surface area (Å²) >= 11 is 5.45. The number of hydrogen-bond acceptors (Lipinski definition) is 3. The third-order valence-corrected chi connectivity index (χ3v) is 4.88. The summed E-state index contributed by atoms with van der Waals surface area (Å²) < 4.78 is 1.23. The molecule has 0 unspecified atom stereocenters. The van der Waals surface area contributed by atoms with Gasteiger partial charge in [0.15, 0.2) is 0 Å². The van der Waals surface area contributed by atoms with Crippen LogP contribution in [0.1, 0.15) is 31.7 Å². The van der Waals surface area contributed by atoms with Gasteiger partial charge >= 0.3 is 0 Å². The number of halogens is 3. The SMILES string of the molecule is CC(C)(C)[C@H](c1ccc(Br)s1)N1CCNCC1.Cl.Cl. The molecule has 0 radical (unpaired) electrons. The van der Waals surface area contributed by atoms with Crippen LogP contribution in [-0.2, 0) is 0 Å². The summed E-state index contributed by atoms with van der Waals surface area (Å²) in [6.07, 6.45) is 0. The number of rotatable bonds is 2. The van der Waals surface area contributed by atoms with E-state index in [1.165, 1.54) is 8.66 Å². The predicted octanol–water partition coefficient (Wildman–Crippen LogP) is 4.35. The molecule has 112 valence electrons. The minimum atomic E-state index is 0. The summed E-state index contributed by atoms with van der Waals surface area (Å²) in [6, 6.07) is 4.97. The van der Waals surface area contributed by atoms with Crippen molar-refractivity contribution in [2.24, 2.45) is 5.41 Å². The van der Waals surface area contributed by atoms with Gasteiger partial charge in [-0.2, -0.15) is 0 Å². The van der Waals surface area contributed by atoms with Gasteiger partial charge in [0.2, 0.25) is 0 Å². The first-order valence-corrected chi connectivity index (χ1v) is 7.79. The highest BCUT2D eigenvalue weighted by molar-refractivity contribution is 9.11. The van der Waals surface area contributed by atoms with Crippen molar-refractivity contribution >= 4 is 52.1 Å². The minimum Gasteiger partial charge on any atom is -0.314 e. The molecule has 0 amide bonds. The van der Waals surface area contributed by atoms with Gasteiger partial charge in [-0.1, -0.05) is 20.8 Å². The lowest BCUT2D eigenvalue weighted by atomic mass is 9.84. The van der Waals surface area contributed by atoms with E-state index in [4.69, 9.17) is 0 Å². The van der Waals surface area contributed by atoms with Crippen LogP contribution in [0.4, 0.5) is 0 Å². The lowest BCUT2D eigenvalue weighted by Gasteiger charge is -2.41. The Hall–Kier alpha value is 0.680. The molecule has 6 heteroatoms. The number of thiophene rings is 1. The Bertz CT molecular complexity index is 373. The Morgan fingerprint density at radius 3 is 2.21 bits per heavy atom. The van der Waals surface area contributed by atoms with Crippen molar-refractivity contribution in [1.82, 2.24) is 10.2 Å². The van der Waals surface area contributed by atoms with Crippen LogP contribution in [-0.4, -0.2) is 31.1 Å². The van der Waals surface area contributed by atoms with Gasteiger partial charge in [-0.05, 0) is 33.5 Å². The van der Waals surface area contributed by atoms with Crippen molar-refractivity contribution in [2.45, 2.75) is 26.8 Å². The minimum absolute atomic E-state index is 0. The molecule has 0 spiro atoms. The van der Waals surface area contributed by atoms with Crippen molar-refractivity contribution in [2.75, 3.05) is 26.2 Å². The molecule has 1 aliphatic rings. The molecule has 2 nitrogen and oxygen atoms in total. The molecule has 1 atom stereocenters. The van der Waals surface area contributed by atoms with Crippen LogP contribution in [0.2, 0.25) is 0 Å². The van der Waals surface area contributed by atoms with Crippen LogP contribution in [0.25, 0.3) is 0 Å². The van der Waals surface area contributed by atoms with E-state index in [9.17, 15) is 0 Å². The number of nitrogens with zero attached hydrogens (tertiary/aromatic N) is 1. The van der Waals surface area contributed by atoms with Gasteiger partial charge in [-0.3, -0.25) is 4.90 Å². The third kappa shape index (κ3) is 5.18. The Morgan fingerprint density at radius 2 is 1.79 bits per heavy atom. The van der Waals surface area contributed by atoms with Crippen LogP contribution in [0.15, 0.2) is 15.9 Å². The van der Waals surface area contributed by atoms with Gasteiger partial charge in [0.05, 0.1) is 3.79 Å².